The van der Waals surface area contributed by atoms with Gasteiger partial charge in [0.2, 0.25) is 5.88 Å². The Labute approximate surface area is 137 Å². The molecule has 2 aromatic rings. The van der Waals surface area contributed by atoms with Crippen molar-refractivity contribution in [2.45, 2.75) is 52.7 Å². The van der Waals surface area contributed by atoms with Gasteiger partial charge < -0.3 is 14.0 Å². The van der Waals surface area contributed by atoms with Crippen LogP contribution >= 0.6 is 0 Å². The number of methoxy groups -OCH3 is 1. The highest BCUT2D eigenvalue weighted by molar-refractivity contribution is 6.65. The molecule has 0 amide bonds. The molecule has 0 radical (unpaired) electrons. The van der Waals surface area contributed by atoms with Crippen LogP contribution in [-0.2, 0) is 9.31 Å². The lowest BCUT2D eigenvalue weighted by atomic mass is 9.74. The first-order valence-electron chi connectivity index (χ1n) is 7.83. The molecule has 122 valence electrons. The topological polar surface area (TPSA) is 53.5 Å². The fourth-order valence-electron chi connectivity index (χ4n) is 2.75. The summed E-state index contributed by atoms with van der Waals surface area (Å²) in [5.41, 5.74) is 4.01. The average molecular weight is 314 g/mol. The first-order chi connectivity index (χ1) is 10.7. The van der Waals surface area contributed by atoms with Crippen molar-refractivity contribution >= 4 is 23.6 Å². The minimum Gasteiger partial charge on any atom is -0.480 e. The largest absolute Gasteiger partial charge is 0.497 e. The van der Waals surface area contributed by atoms with Gasteiger partial charge in [-0.15, -0.1) is 0 Å². The van der Waals surface area contributed by atoms with Crippen molar-refractivity contribution in [3.05, 3.63) is 23.4 Å². The van der Waals surface area contributed by atoms with E-state index >= 15 is 0 Å². The summed E-state index contributed by atoms with van der Waals surface area (Å²) in [7, 11) is 1.14. The van der Waals surface area contributed by atoms with Crippen molar-refractivity contribution in [2.75, 3.05) is 7.11 Å². The van der Waals surface area contributed by atoms with Gasteiger partial charge in [0.15, 0.2) is 0 Å². The van der Waals surface area contributed by atoms with Crippen molar-refractivity contribution in [3.63, 3.8) is 0 Å². The van der Waals surface area contributed by atoms with Crippen LogP contribution in [0.25, 0.3) is 11.0 Å². The Kier molecular flexibility index (Phi) is 3.65. The standard InChI is InChI=1S/C17H23BN2O3/c1-10-8-12-15(19-9-13(20-12)21-7)14(11(10)2)18-22-16(3,4)17(5,6)23-18/h8-9H,1-7H3. The second-order valence-corrected chi connectivity index (χ2v) is 7.10. The molecule has 1 fully saturated rings. The highest BCUT2D eigenvalue weighted by Gasteiger charge is 2.52. The van der Waals surface area contributed by atoms with Crippen molar-refractivity contribution in [3.8, 4) is 5.88 Å². The number of ether oxygens (including phenoxy) is 1. The minimum absolute atomic E-state index is 0.389. The molecule has 6 heteroatoms. The lowest BCUT2D eigenvalue weighted by molar-refractivity contribution is 0.00578. The van der Waals surface area contributed by atoms with Crippen LogP contribution in [0, 0.1) is 13.8 Å². The van der Waals surface area contributed by atoms with Gasteiger partial charge in [-0.3, -0.25) is 0 Å². The second-order valence-electron chi connectivity index (χ2n) is 7.10. The molecule has 23 heavy (non-hydrogen) atoms. The van der Waals surface area contributed by atoms with E-state index in [9.17, 15) is 0 Å². The maximum atomic E-state index is 6.23. The van der Waals surface area contributed by atoms with Gasteiger partial charge in [-0.25, -0.2) is 9.97 Å². The molecule has 0 spiro atoms. The first-order valence-corrected chi connectivity index (χ1v) is 7.83. The lowest BCUT2D eigenvalue weighted by Gasteiger charge is -2.32. The van der Waals surface area contributed by atoms with E-state index in [0.717, 1.165) is 27.6 Å². The number of aryl methyl sites for hydroxylation is 1. The van der Waals surface area contributed by atoms with Crippen molar-refractivity contribution in [1.82, 2.24) is 9.97 Å². The fraction of sp³-hybridized carbons (Fsp3) is 0.529. The highest BCUT2D eigenvalue weighted by atomic mass is 16.7. The van der Waals surface area contributed by atoms with Crippen LogP contribution in [0.3, 0.4) is 0 Å². The summed E-state index contributed by atoms with van der Waals surface area (Å²) >= 11 is 0. The Morgan fingerprint density at radius 3 is 2.26 bits per heavy atom. The van der Waals surface area contributed by atoms with E-state index in [2.05, 4.69) is 51.5 Å². The molecule has 1 aromatic heterocycles. The molecule has 0 bridgehead atoms. The molecule has 0 N–H and O–H groups in total. The van der Waals surface area contributed by atoms with Crippen molar-refractivity contribution < 1.29 is 14.0 Å². The van der Waals surface area contributed by atoms with Gasteiger partial charge >= 0.3 is 7.12 Å². The number of hydrogen-bond donors (Lipinski definition) is 0. The number of rotatable bonds is 2. The van der Waals surface area contributed by atoms with Gasteiger partial charge in [0.25, 0.3) is 0 Å². The predicted octanol–water partition coefficient (Wildman–Crippen LogP) is 2.55. The third kappa shape index (κ3) is 2.50. The number of benzene rings is 1. The SMILES string of the molecule is COc1cnc2c(B3OC(C)(C)C(C)(C)O3)c(C)c(C)cc2n1. The Bertz CT molecular complexity index is 758. The summed E-state index contributed by atoms with van der Waals surface area (Å²) in [4.78, 5) is 9.05. The number of nitrogens with zero attached hydrogens (tertiary/aromatic N) is 2. The molecule has 1 saturated heterocycles. The van der Waals surface area contributed by atoms with E-state index in [-0.39, 0.29) is 11.2 Å². The quantitative estimate of drug-likeness (QED) is 0.798. The molecule has 1 aromatic carbocycles. The van der Waals surface area contributed by atoms with E-state index in [1.165, 1.54) is 0 Å². The Hall–Kier alpha value is -1.66. The van der Waals surface area contributed by atoms with Crippen LogP contribution in [0.5, 0.6) is 5.88 Å². The summed E-state index contributed by atoms with van der Waals surface area (Å²) in [6, 6.07) is 2.02. The van der Waals surface area contributed by atoms with Gasteiger partial charge in [0.05, 0.1) is 35.5 Å². The smallest absolute Gasteiger partial charge is 0.480 e. The fourth-order valence-corrected chi connectivity index (χ4v) is 2.75. The molecule has 5 nitrogen and oxygen atoms in total. The van der Waals surface area contributed by atoms with E-state index < -0.39 is 7.12 Å². The summed E-state index contributed by atoms with van der Waals surface area (Å²) in [6.07, 6.45) is 1.63. The molecule has 1 aliphatic rings. The molecule has 0 aliphatic carbocycles. The molecular formula is C17H23BN2O3. The van der Waals surface area contributed by atoms with Gasteiger partial charge in [-0.1, -0.05) is 0 Å². The third-order valence-corrected chi connectivity index (χ3v) is 5.08. The van der Waals surface area contributed by atoms with E-state index in [4.69, 9.17) is 14.0 Å². The molecule has 3 rings (SSSR count). The minimum atomic E-state index is -0.454. The number of aromatic nitrogens is 2. The van der Waals surface area contributed by atoms with E-state index in [0.29, 0.717) is 5.88 Å². The van der Waals surface area contributed by atoms with E-state index in [1.54, 1.807) is 13.3 Å². The Balaban J connectivity index is 2.19. The lowest BCUT2D eigenvalue weighted by Crippen LogP contribution is -2.41. The average Bonchev–Trinajstić information content (AvgIpc) is 2.67. The van der Waals surface area contributed by atoms with Crippen LogP contribution in [0.15, 0.2) is 12.3 Å². The Morgan fingerprint density at radius 2 is 1.70 bits per heavy atom. The zero-order chi connectivity index (χ0) is 17.0. The second kappa shape index (κ2) is 5.18. The van der Waals surface area contributed by atoms with E-state index in [1.807, 2.05) is 6.07 Å². The third-order valence-electron chi connectivity index (χ3n) is 5.08. The van der Waals surface area contributed by atoms with Gasteiger partial charge in [-0.05, 0) is 58.7 Å². The number of hydrogen-bond acceptors (Lipinski definition) is 5. The van der Waals surface area contributed by atoms with Crippen LogP contribution in [0.1, 0.15) is 38.8 Å². The van der Waals surface area contributed by atoms with Gasteiger partial charge in [0, 0.05) is 5.46 Å². The van der Waals surface area contributed by atoms with Gasteiger partial charge in [-0.2, -0.15) is 0 Å². The Morgan fingerprint density at radius 1 is 1.09 bits per heavy atom. The van der Waals surface area contributed by atoms with Crippen LogP contribution < -0.4 is 10.2 Å². The van der Waals surface area contributed by atoms with Crippen LogP contribution in [-0.4, -0.2) is 35.4 Å². The number of fused-ring (bicyclic) bond motifs is 1. The summed E-state index contributed by atoms with van der Waals surface area (Å²) < 4.78 is 17.6. The maximum Gasteiger partial charge on any atom is 0.497 e. The molecular weight excluding hydrogens is 291 g/mol. The van der Waals surface area contributed by atoms with Gasteiger partial charge in [0.1, 0.15) is 0 Å². The zero-order valence-electron chi connectivity index (χ0n) is 14.9. The first kappa shape index (κ1) is 16.2. The molecule has 0 saturated carbocycles. The van der Waals surface area contributed by atoms with Crippen LogP contribution in [0.2, 0.25) is 0 Å². The maximum absolute atomic E-state index is 6.23. The van der Waals surface area contributed by atoms with Crippen molar-refractivity contribution in [2.24, 2.45) is 0 Å². The van der Waals surface area contributed by atoms with Crippen LogP contribution in [0.4, 0.5) is 0 Å². The molecule has 0 unspecified atom stereocenters. The molecule has 1 aliphatic heterocycles. The highest BCUT2D eigenvalue weighted by Crippen LogP contribution is 2.37. The predicted molar refractivity (Wildman–Crippen MR) is 91.3 cm³/mol. The summed E-state index contributed by atoms with van der Waals surface area (Å²) in [5, 5.41) is 0. The molecule has 0 atom stereocenters. The zero-order valence-corrected chi connectivity index (χ0v) is 14.9. The molecule has 2 heterocycles. The monoisotopic (exact) mass is 314 g/mol. The van der Waals surface area contributed by atoms with Crippen molar-refractivity contribution in [1.29, 1.82) is 0 Å². The summed E-state index contributed by atoms with van der Waals surface area (Å²) in [6.45, 7) is 12.3. The normalized spacial score (nSPS) is 19.3. The summed E-state index contributed by atoms with van der Waals surface area (Å²) in [5.74, 6) is 0.501.